The Morgan fingerprint density at radius 2 is 1.75 bits per heavy atom. The van der Waals surface area contributed by atoms with Gasteiger partial charge < -0.3 is 15.2 Å². The minimum absolute atomic E-state index is 0.00836. The molecule has 0 heterocycles. The van der Waals surface area contributed by atoms with Gasteiger partial charge in [0.15, 0.2) is 0 Å². The predicted octanol–water partition coefficient (Wildman–Crippen LogP) is 1.95. The Kier molecular flexibility index (Phi) is 5.83. The first kappa shape index (κ1) is 15.3. The van der Waals surface area contributed by atoms with E-state index in [1.165, 1.54) is 12.8 Å². The van der Waals surface area contributed by atoms with Crippen molar-refractivity contribution in [2.75, 3.05) is 13.2 Å². The highest BCUT2D eigenvalue weighted by Gasteiger charge is 2.30. The molecule has 0 aliphatic heterocycles. The molecule has 2 unspecified atom stereocenters. The number of carboxylic acid groups (broad SMARTS) is 1. The van der Waals surface area contributed by atoms with E-state index < -0.39 is 5.97 Å². The summed E-state index contributed by atoms with van der Waals surface area (Å²) in [5, 5.41) is 11.9. The van der Waals surface area contributed by atoms with Gasteiger partial charge in [-0.15, -0.1) is 0 Å². The van der Waals surface area contributed by atoms with E-state index in [-0.39, 0.29) is 17.7 Å². The van der Waals surface area contributed by atoms with Gasteiger partial charge in [0.05, 0.1) is 18.6 Å². The van der Waals surface area contributed by atoms with Crippen molar-refractivity contribution in [3.05, 3.63) is 0 Å². The first-order valence-electron chi connectivity index (χ1n) is 7.79. The lowest BCUT2D eigenvalue weighted by Gasteiger charge is -2.25. The van der Waals surface area contributed by atoms with E-state index >= 15 is 0 Å². The lowest BCUT2D eigenvalue weighted by atomic mass is 9.81. The van der Waals surface area contributed by atoms with Crippen LogP contribution >= 0.6 is 0 Å². The van der Waals surface area contributed by atoms with Gasteiger partial charge in [0, 0.05) is 12.5 Å². The molecule has 2 atom stereocenters. The number of carboxylic acids is 1. The van der Waals surface area contributed by atoms with Gasteiger partial charge in [0.25, 0.3) is 0 Å². The summed E-state index contributed by atoms with van der Waals surface area (Å²) in [4.78, 5) is 23.0. The lowest BCUT2D eigenvalue weighted by molar-refractivity contribution is -0.144. The Morgan fingerprint density at radius 1 is 1.05 bits per heavy atom. The van der Waals surface area contributed by atoms with Gasteiger partial charge >= 0.3 is 5.97 Å². The number of hydrogen-bond acceptors (Lipinski definition) is 3. The van der Waals surface area contributed by atoms with Crippen LogP contribution in [0.1, 0.15) is 51.4 Å². The van der Waals surface area contributed by atoms with E-state index in [1.807, 2.05) is 0 Å². The van der Waals surface area contributed by atoms with Crippen LogP contribution in [0.15, 0.2) is 0 Å². The molecule has 0 aromatic heterocycles. The molecule has 20 heavy (non-hydrogen) atoms. The van der Waals surface area contributed by atoms with E-state index in [1.54, 1.807) is 0 Å². The van der Waals surface area contributed by atoms with Crippen molar-refractivity contribution >= 4 is 11.9 Å². The molecule has 2 aliphatic rings. The summed E-state index contributed by atoms with van der Waals surface area (Å²) in [6.07, 6.45) is 7.94. The summed E-state index contributed by atoms with van der Waals surface area (Å²) >= 11 is 0. The number of amides is 1. The maximum atomic E-state index is 12.0. The summed E-state index contributed by atoms with van der Waals surface area (Å²) in [6.45, 7) is 1.09. The van der Waals surface area contributed by atoms with Gasteiger partial charge in [0.2, 0.25) is 5.91 Å². The van der Waals surface area contributed by atoms with Crippen molar-refractivity contribution in [3.8, 4) is 0 Å². The maximum absolute atomic E-state index is 12.0. The van der Waals surface area contributed by atoms with Crippen LogP contribution in [-0.4, -0.2) is 36.2 Å². The number of nitrogens with one attached hydrogen (secondary N) is 1. The fraction of sp³-hybridized carbons (Fsp3) is 0.867. The van der Waals surface area contributed by atoms with E-state index in [9.17, 15) is 9.59 Å². The van der Waals surface area contributed by atoms with Gasteiger partial charge in [-0.1, -0.05) is 19.3 Å². The predicted molar refractivity (Wildman–Crippen MR) is 74.3 cm³/mol. The molecule has 2 saturated carbocycles. The number of ether oxygens (including phenoxy) is 1. The Bertz CT molecular complexity index is 339. The zero-order valence-corrected chi connectivity index (χ0v) is 12.0. The second-order valence-electron chi connectivity index (χ2n) is 5.97. The second-order valence-corrected chi connectivity index (χ2v) is 5.97. The summed E-state index contributed by atoms with van der Waals surface area (Å²) in [7, 11) is 0. The number of carbonyl (C=O) groups is 2. The molecule has 0 spiro atoms. The van der Waals surface area contributed by atoms with Crippen molar-refractivity contribution in [3.63, 3.8) is 0 Å². The van der Waals surface area contributed by atoms with Crippen LogP contribution in [0, 0.1) is 11.8 Å². The fourth-order valence-corrected chi connectivity index (χ4v) is 3.25. The van der Waals surface area contributed by atoms with Crippen molar-refractivity contribution in [2.45, 2.75) is 57.5 Å². The number of rotatable bonds is 6. The van der Waals surface area contributed by atoms with Crippen LogP contribution in [0.4, 0.5) is 0 Å². The molecule has 5 heteroatoms. The zero-order valence-electron chi connectivity index (χ0n) is 12.0. The first-order chi connectivity index (χ1) is 9.66. The minimum atomic E-state index is -0.771. The topological polar surface area (TPSA) is 75.6 Å². The van der Waals surface area contributed by atoms with E-state index in [0.717, 1.165) is 25.7 Å². The van der Waals surface area contributed by atoms with Crippen LogP contribution in [0.5, 0.6) is 0 Å². The molecule has 0 radical (unpaired) electrons. The van der Waals surface area contributed by atoms with Crippen molar-refractivity contribution < 1.29 is 19.4 Å². The monoisotopic (exact) mass is 283 g/mol. The van der Waals surface area contributed by atoms with E-state index in [2.05, 4.69) is 5.32 Å². The highest BCUT2D eigenvalue weighted by molar-refractivity contribution is 5.80. The largest absolute Gasteiger partial charge is 0.481 e. The third-order valence-corrected chi connectivity index (χ3v) is 4.45. The van der Waals surface area contributed by atoms with Crippen LogP contribution in [-0.2, 0) is 14.3 Å². The summed E-state index contributed by atoms with van der Waals surface area (Å²) in [6, 6.07) is 0. The van der Waals surface area contributed by atoms with Crippen LogP contribution in [0.3, 0.4) is 0 Å². The smallest absolute Gasteiger partial charge is 0.306 e. The summed E-state index contributed by atoms with van der Waals surface area (Å²) < 4.78 is 5.69. The van der Waals surface area contributed by atoms with Crippen LogP contribution < -0.4 is 5.32 Å². The summed E-state index contributed by atoms with van der Waals surface area (Å²) in [5.41, 5.74) is 0. The molecule has 0 bridgehead atoms. The van der Waals surface area contributed by atoms with Crippen LogP contribution in [0.25, 0.3) is 0 Å². The fourth-order valence-electron chi connectivity index (χ4n) is 3.25. The van der Waals surface area contributed by atoms with Gasteiger partial charge in [-0.05, 0) is 32.1 Å². The van der Waals surface area contributed by atoms with Crippen LogP contribution in [0.2, 0.25) is 0 Å². The van der Waals surface area contributed by atoms with E-state index in [0.29, 0.717) is 32.1 Å². The van der Waals surface area contributed by atoms with Crippen molar-refractivity contribution in [1.29, 1.82) is 0 Å². The highest BCUT2D eigenvalue weighted by atomic mass is 16.5. The van der Waals surface area contributed by atoms with Crippen molar-refractivity contribution in [2.24, 2.45) is 11.8 Å². The lowest BCUT2D eigenvalue weighted by Crippen LogP contribution is -2.37. The molecule has 2 fully saturated rings. The number of carbonyl (C=O) groups excluding carboxylic acids is 1. The third kappa shape index (κ3) is 4.47. The first-order valence-corrected chi connectivity index (χ1v) is 7.79. The van der Waals surface area contributed by atoms with Gasteiger partial charge in [-0.3, -0.25) is 9.59 Å². The maximum Gasteiger partial charge on any atom is 0.306 e. The highest BCUT2D eigenvalue weighted by Crippen LogP contribution is 2.29. The molecule has 0 aromatic rings. The SMILES string of the molecule is O=C(O)C1CCCC(C(=O)NCCOC2CCCC2)C1. The number of hydrogen-bond donors (Lipinski definition) is 2. The van der Waals surface area contributed by atoms with Gasteiger partial charge in [0.1, 0.15) is 0 Å². The molecule has 0 aromatic carbocycles. The molecule has 2 N–H and O–H groups in total. The molecule has 0 saturated heterocycles. The molecular formula is C15H25NO4. The average Bonchev–Trinajstić information content (AvgIpc) is 2.96. The molecular weight excluding hydrogens is 258 g/mol. The molecule has 1 amide bonds. The molecule has 114 valence electrons. The standard InChI is InChI=1S/C15H25NO4/c17-14(11-4-3-5-12(10-11)15(18)19)16-8-9-20-13-6-1-2-7-13/h11-13H,1-10H2,(H,16,17)(H,18,19). The number of aliphatic carboxylic acids is 1. The molecule has 2 aliphatic carbocycles. The quantitative estimate of drug-likeness (QED) is 0.731. The third-order valence-electron chi connectivity index (χ3n) is 4.45. The Hall–Kier alpha value is -1.10. The summed E-state index contributed by atoms with van der Waals surface area (Å²) in [5.74, 6) is -1.27. The normalized spacial score (nSPS) is 27.4. The van der Waals surface area contributed by atoms with Crippen molar-refractivity contribution in [1.82, 2.24) is 5.32 Å². The Labute approximate surface area is 120 Å². The second kappa shape index (κ2) is 7.62. The zero-order chi connectivity index (χ0) is 14.4. The molecule has 2 rings (SSSR count). The Morgan fingerprint density at radius 3 is 2.45 bits per heavy atom. The van der Waals surface area contributed by atoms with E-state index in [4.69, 9.17) is 9.84 Å². The average molecular weight is 283 g/mol. The molecule has 5 nitrogen and oxygen atoms in total. The van der Waals surface area contributed by atoms with Gasteiger partial charge in [-0.25, -0.2) is 0 Å². The minimum Gasteiger partial charge on any atom is -0.481 e. The Balaban J connectivity index is 1.62. The van der Waals surface area contributed by atoms with Gasteiger partial charge in [-0.2, -0.15) is 0 Å².